The van der Waals surface area contributed by atoms with Crippen LogP contribution in [0.15, 0.2) is 109 Å². The van der Waals surface area contributed by atoms with Gasteiger partial charge in [-0.05, 0) is 74.9 Å². The van der Waals surface area contributed by atoms with Gasteiger partial charge in [-0.15, -0.1) is 0 Å². The summed E-state index contributed by atoms with van der Waals surface area (Å²) in [5.41, 5.74) is 8.59. The minimum atomic E-state index is -1.11. The van der Waals surface area contributed by atoms with E-state index in [1.807, 2.05) is 42.5 Å². The number of nitrogens with zero attached hydrogens (tertiary/aromatic N) is 1. The maximum atomic E-state index is 13.3. The van der Waals surface area contributed by atoms with E-state index >= 15 is 0 Å². The van der Waals surface area contributed by atoms with Gasteiger partial charge in [0.2, 0.25) is 0 Å². The summed E-state index contributed by atoms with van der Waals surface area (Å²) in [4.78, 5) is 15.6. The van der Waals surface area contributed by atoms with Crippen LogP contribution in [0.3, 0.4) is 0 Å². The third-order valence-corrected chi connectivity index (χ3v) is 8.29. The molecule has 0 amide bonds. The number of esters is 1. The van der Waals surface area contributed by atoms with E-state index in [1.54, 1.807) is 0 Å². The number of carbonyl (C=O) groups excluding carboxylic acids is 1. The quantitative estimate of drug-likeness (QED) is 0.214. The second-order valence-corrected chi connectivity index (χ2v) is 11.0. The van der Waals surface area contributed by atoms with Gasteiger partial charge in [0.25, 0.3) is 0 Å². The van der Waals surface area contributed by atoms with Crippen LogP contribution in [0, 0.1) is 13.8 Å². The van der Waals surface area contributed by atoms with Crippen molar-refractivity contribution in [2.45, 2.75) is 32.9 Å². The number of hydrogen-bond donors (Lipinski definition) is 1. The predicted octanol–water partition coefficient (Wildman–Crippen LogP) is 8.64. The van der Waals surface area contributed by atoms with Crippen molar-refractivity contribution in [2.75, 3.05) is 16.8 Å². The van der Waals surface area contributed by atoms with Crippen LogP contribution in [0.2, 0.25) is 0 Å². The van der Waals surface area contributed by atoms with Crippen LogP contribution in [0.25, 0.3) is 0 Å². The highest BCUT2D eigenvalue weighted by Gasteiger charge is 2.53. The molecule has 0 bridgehead atoms. The minimum Gasteiger partial charge on any atom is -0.456 e. The molecule has 5 nitrogen and oxygen atoms in total. The van der Waals surface area contributed by atoms with E-state index in [-0.39, 0.29) is 5.97 Å². The molecule has 0 aliphatic carbocycles. The van der Waals surface area contributed by atoms with Gasteiger partial charge in [0.1, 0.15) is 11.5 Å². The van der Waals surface area contributed by atoms with E-state index in [0.29, 0.717) is 23.6 Å². The molecule has 0 radical (unpaired) electrons. The van der Waals surface area contributed by atoms with Gasteiger partial charge in [-0.3, -0.25) is 0 Å². The normalized spacial score (nSPS) is 16.2. The van der Waals surface area contributed by atoms with Gasteiger partial charge in [-0.1, -0.05) is 65.7 Å². The molecule has 1 unspecified atom stereocenters. The Morgan fingerprint density at radius 2 is 1.43 bits per heavy atom. The minimum absolute atomic E-state index is 0.332. The van der Waals surface area contributed by atoms with E-state index < -0.39 is 5.60 Å². The maximum absolute atomic E-state index is 13.3. The number of anilines is 3. The van der Waals surface area contributed by atoms with Gasteiger partial charge in [-0.2, -0.15) is 0 Å². The summed E-state index contributed by atoms with van der Waals surface area (Å²) in [6, 6.07) is 36.9. The number of hydrogen-bond acceptors (Lipinski definition) is 5. The lowest BCUT2D eigenvalue weighted by Gasteiger charge is -2.37. The Bertz CT molecular complexity index is 1810. The van der Waals surface area contributed by atoms with Gasteiger partial charge in [0, 0.05) is 52.9 Å². The van der Waals surface area contributed by atoms with Gasteiger partial charge in [-0.25, -0.2) is 4.79 Å². The molecule has 1 N–H and O–H groups in total. The number of carbonyl (C=O) groups is 1. The number of aryl methyl sites for hydroxylation is 2. The average Bonchev–Trinajstić information content (AvgIpc) is 3.31. The first-order valence-electron chi connectivity index (χ1n) is 14.4. The van der Waals surface area contributed by atoms with Crippen LogP contribution in [0.5, 0.6) is 11.5 Å². The van der Waals surface area contributed by atoms with Crippen LogP contribution in [0.1, 0.15) is 50.7 Å². The van der Waals surface area contributed by atoms with Gasteiger partial charge < -0.3 is 19.7 Å². The highest BCUT2D eigenvalue weighted by atomic mass is 16.6. The lowest BCUT2D eigenvalue weighted by atomic mass is 9.77. The average molecular weight is 553 g/mol. The zero-order valence-electron chi connectivity index (χ0n) is 24.0. The van der Waals surface area contributed by atoms with Crippen molar-refractivity contribution in [3.63, 3.8) is 0 Å². The fourth-order valence-corrected chi connectivity index (χ4v) is 6.09. The van der Waals surface area contributed by atoms with E-state index in [1.165, 1.54) is 16.7 Å². The fraction of sp³-hybridized carbons (Fsp3) is 0.162. The zero-order valence-corrected chi connectivity index (χ0v) is 24.0. The van der Waals surface area contributed by atoms with Gasteiger partial charge >= 0.3 is 5.97 Å². The first-order valence-corrected chi connectivity index (χ1v) is 14.4. The molecule has 0 saturated carbocycles. The standard InChI is InChI=1S/C37H32N2O3/c1-4-39(28-16-11-25(3)12-17-28)29-18-19-32-35(22-29)41-34-20-15-27(38-23-26-13-9-24(2)10-14-26)21-33(34)37(32)31-8-6-5-7-30(31)36(40)42-37/h5-22,38H,4,23H2,1-3H3. The van der Waals surface area contributed by atoms with Crippen LogP contribution in [-0.4, -0.2) is 12.5 Å². The van der Waals surface area contributed by atoms with Crippen LogP contribution in [-0.2, 0) is 16.9 Å². The summed E-state index contributed by atoms with van der Waals surface area (Å²) in [6.45, 7) is 7.78. The Kier molecular flexibility index (Phi) is 6.23. The summed E-state index contributed by atoms with van der Waals surface area (Å²) in [6.07, 6.45) is 0. The molecule has 2 aliphatic rings. The Morgan fingerprint density at radius 1 is 0.714 bits per heavy atom. The van der Waals surface area contributed by atoms with Crippen LogP contribution in [0.4, 0.5) is 17.1 Å². The third-order valence-electron chi connectivity index (χ3n) is 8.29. The van der Waals surface area contributed by atoms with Gasteiger partial charge in [0.15, 0.2) is 5.60 Å². The Morgan fingerprint density at radius 3 is 2.19 bits per heavy atom. The summed E-state index contributed by atoms with van der Waals surface area (Å²) in [7, 11) is 0. The second kappa shape index (κ2) is 10.1. The molecule has 5 heteroatoms. The van der Waals surface area contributed by atoms with Crippen molar-refractivity contribution >= 4 is 23.0 Å². The number of rotatable bonds is 6. The van der Waals surface area contributed by atoms with E-state index in [4.69, 9.17) is 9.47 Å². The van der Waals surface area contributed by atoms with Crippen molar-refractivity contribution in [2.24, 2.45) is 0 Å². The monoisotopic (exact) mass is 552 g/mol. The van der Waals surface area contributed by atoms with Crippen molar-refractivity contribution in [3.8, 4) is 11.5 Å². The third kappa shape index (κ3) is 4.20. The molecule has 0 fully saturated rings. The predicted molar refractivity (Wildman–Crippen MR) is 167 cm³/mol. The molecule has 0 saturated heterocycles. The van der Waals surface area contributed by atoms with Crippen molar-refractivity contribution < 1.29 is 14.3 Å². The molecule has 1 atom stereocenters. The highest BCUT2D eigenvalue weighted by Crippen LogP contribution is 2.57. The fourth-order valence-electron chi connectivity index (χ4n) is 6.09. The molecule has 208 valence electrons. The smallest absolute Gasteiger partial charge is 0.340 e. The first-order chi connectivity index (χ1) is 20.5. The SMILES string of the molecule is CCN(c1ccc(C)cc1)c1ccc2c(c1)Oc1ccc(NCc3ccc(C)cc3)cc1C21OC(=O)c2ccccc21. The van der Waals surface area contributed by atoms with Crippen LogP contribution >= 0.6 is 0 Å². The highest BCUT2D eigenvalue weighted by molar-refractivity contribution is 5.97. The van der Waals surface area contributed by atoms with Crippen LogP contribution < -0.4 is 15.0 Å². The summed E-state index contributed by atoms with van der Waals surface area (Å²) in [5, 5.41) is 3.55. The lowest BCUT2D eigenvalue weighted by Crippen LogP contribution is -2.33. The number of ether oxygens (including phenoxy) is 2. The number of fused-ring (bicyclic) bond motifs is 6. The number of nitrogens with one attached hydrogen (secondary N) is 1. The van der Waals surface area contributed by atoms with Crippen molar-refractivity contribution in [1.82, 2.24) is 0 Å². The van der Waals surface area contributed by atoms with E-state index in [2.05, 4.69) is 97.7 Å². The van der Waals surface area contributed by atoms with Crippen molar-refractivity contribution in [3.05, 3.63) is 148 Å². The lowest BCUT2D eigenvalue weighted by molar-refractivity contribution is 0.0224. The molecule has 5 aromatic rings. The van der Waals surface area contributed by atoms with E-state index in [0.717, 1.165) is 40.3 Å². The molecular formula is C37H32N2O3. The molecule has 0 aromatic heterocycles. The second-order valence-electron chi connectivity index (χ2n) is 11.0. The van der Waals surface area contributed by atoms with Crippen molar-refractivity contribution in [1.29, 1.82) is 0 Å². The first kappa shape index (κ1) is 25.9. The zero-order chi connectivity index (χ0) is 28.8. The summed E-state index contributed by atoms with van der Waals surface area (Å²) >= 11 is 0. The summed E-state index contributed by atoms with van der Waals surface area (Å²) in [5.74, 6) is 1.01. The Balaban J connectivity index is 1.33. The topological polar surface area (TPSA) is 50.8 Å². The summed E-state index contributed by atoms with van der Waals surface area (Å²) < 4.78 is 13.0. The Labute approximate surface area is 246 Å². The van der Waals surface area contributed by atoms with Gasteiger partial charge in [0.05, 0.1) is 5.56 Å². The molecule has 2 heterocycles. The maximum Gasteiger partial charge on any atom is 0.340 e. The molecule has 1 spiro atoms. The molecular weight excluding hydrogens is 520 g/mol. The molecule has 7 rings (SSSR count). The molecule has 5 aromatic carbocycles. The Hall–Kier alpha value is -5.03. The molecule has 2 aliphatic heterocycles. The molecule has 42 heavy (non-hydrogen) atoms. The number of benzene rings is 5. The van der Waals surface area contributed by atoms with E-state index in [9.17, 15) is 4.79 Å². The largest absolute Gasteiger partial charge is 0.456 e.